The van der Waals surface area contributed by atoms with E-state index in [-0.39, 0.29) is 0 Å². The molecule has 0 unspecified atom stereocenters. The maximum absolute atomic E-state index is 5.91. The van der Waals surface area contributed by atoms with Crippen LogP contribution in [0.25, 0.3) is 0 Å². The van der Waals surface area contributed by atoms with Crippen molar-refractivity contribution in [1.29, 1.82) is 0 Å². The lowest BCUT2D eigenvalue weighted by molar-refractivity contribution is 0.305. The van der Waals surface area contributed by atoms with E-state index in [4.69, 9.17) is 10.5 Å². The van der Waals surface area contributed by atoms with Gasteiger partial charge in [0, 0.05) is 4.88 Å². The first-order valence-electron chi connectivity index (χ1n) is 6.17. The number of benzene rings is 1. The summed E-state index contributed by atoms with van der Waals surface area (Å²) in [5.41, 5.74) is 7.69. The number of para-hydroxylation sites is 1. The van der Waals surface area contributed by atoms with Gasteiger partial charge in [0.1, 0.15) is 12.4 Å². The lowest BCUT2D eigenvalue weighted by atomic mass is 10.1. The fraction of sp³-hybridized carbons (Fsp3) is 0.250. The topological polar surface area (TPSA) is 35.2 Å². The Hall–Kier alpha value is -1.76. The first kappa shape index (κ1) is 13.7. The van der Waals surface area contributed by atoms with Crippen LogP contribution in [0, 0.1) is 25.7 Å². The average Bonchev–Trinajstić information content (AvgIpc) is 2.84. The Balaban J connectivity index is 2.04. The predicted molar refractivity (Wildman–Crippen MR) is 80.5 cm³/mol. The van der Waals surface area contributed by atoms with Crippen LogP contribution < -0.4 is 10.5 Å². The summed E-state index contributed by atoms with van der Waals surface area (Å²) >= 11 is 1.65. The van der Waals surface area contributed by atoms with Crippen LogP contribution in [-0.2, 0) is 6.61 Å². The van der Waals surface area contributed by atoms with Crippen molar-refractivity contribution < 1.29 is 4.74 Å². The number of rotatable bonds is 3. The average molecular weight is 271 g/mol. The molecule has 0 aliphatic carbocycles. The van der Waals surface area contributed by atoms with Gasteiger partial charge in [0.2, 0.25) is 0 Å². The molecule has 1 aromatic heterocycles. The smallest absolute Gasteiger partial charge is 0.125 e. The van der Waals surface area contributed by atoms with E-state index in [9.17, 15) is 0 Å². The Morgan fingerprint density at radius 1 is 1.16 bits per heavy atom. The first-order valence-corrected chi connectivity index (χ1v) is 6.99. The maximum atomic E-state index is 5.91. The Morgan fingerprint density at radius 3 is 2.58 bits per heavy atom. The minimum absolute atomic E-state index is 0.395. The van der Waals surface area contributed by atoms with E-state index in [0.717, 1.165) is 10.6 Å². The van der Waals surface area contributed by atoms with E-state index in [1.807, 2.05) is 12.1 Å². The molecule has 0 bridgehead atoms. The fourth-order valence-corrected chi connectivity index (χ4v) is 2.63. The highest BCUT2D eigenvalue weighted by molar-refractivity contribution is 7.12. The minimum Gasteiger partial charge on any atom is -0.488 e. The SMILES string of the molecule is Cc1cccc(C)c1OCc1ccc(C#CCN)s1. The zero-order chi connectivity index (χ0) is 13.7. The summed E-state index contributed by atoms with van der Waals surface area (Å²) in [5.74, 6) is 6.87. The molecule has 0 amide bonds. The van der Waals surface area contributed by atoms with E-state index >= 15 is 0 Å². The van der Waals surface area contributed by atoms with Gasteiger partial charge in [-0.1, -0.05) is 30.0 Å². The standard InChI is InChI=1S/C16H17NOS/c1-12-5-3-6-13(2)16(12)18-11-15-9-8-14(19-15)7-4-10-17/h3,5-6,8-9H,10-11,17H2,1-2H3. The van der Waals surface area contributed by atoms with Gasteiger partial charge < -0.3 is 10.5 Å². The molecule has 2 N–H and O–H groups in total. The van der Waals surface area contributed by atoms with E-state index in [1.54, 1.807) is 11.3 Å². The highest BCUT2D eigenvalue weighted by Crippen LogP contribution is 2.25. The van der Waals surface area contributed by atoms with Crippen LogP contribution in [0.5, 0.6) is 5.75 Å². The van der Waals surface area contributed by atoms with Crippen molar-refractivity contribution in [2.24, 2.45) is 5.73 Å². The number of ether oxygens (including phenoxy) is 1. The van der Waals surface area contributed by atoms with Crippen molar-refractivity contribution in [2.45, 2.75) is 20.5 Å². The number of aryl methyl sites for hydroxylation is 2. The molecule has 2 rings (SSSR count). The first-order chi connectivity index (χ1) is 9.20. The largest absolute Gasteiger partial charge is 0.488 e. The van der Waals surface area contributed by atoms with E-state index in [2.05, 4.69) is 43.9 Å². The quantitative estimate of drug-likeness (QED) is 0.870. The highest BCUT2D eigenvalue weighted by atomic mass is 32.1. The van der Waals surface area contributed by atoms with Crippen LogP contribution in [0.1, 0.15) is 20.9 Å². The second-order valence-corrected chi connectivity index (χ2v) is 5.45. The second kappa shape index (κ2) is 6.42. The molecule has 1 heterocycles. The van der Waals surface area contributed by atoms with Crippen molar-refractivity contribution >= 4 is 11.3 Å². The predicted octanol–water partition coefficient (Wildman–Crippen LogP) is 3.25. The van der Waals surface area contributed by atoms with Crippen LogP contribution in [0.3, 0.4) is 0 Å². The molecule has 2 nitrogen and oxygen atoms in total. The highest BCUT2D eigenvalue weighted by Gasteiger charge is 2.04. The van der Waals surface area contributed by atoms with Gasteiger partial charge in [-0.05, 0) is 37.1 Å². The Morgan fingerprint density at radius 2 is 1.89 bits per heavy atom. The van der Waals surface area contributed by atoms with Crippen LogP contribution in [-0.4, -0.2) is 6.54 Å². The molecule has 0 saturated carbocycles. The number of hydrogen-bond acceptors (Lipinski definition) is 3. The lowest BCUT2D eigenvalue weighted by Gasteiger charge is -2.10. The summed E-state index contributed by atoms with van der Waals surface area (Å²) in [6.45, 7) is 5.11. The van der Waals surface area contributed by atoms with Crippen LogP contribution in [0.2, 0.25) is 0 Å². The zero-order valence-corrected chi connectivity index (χ0v) is 12.0. The summed E-state index contributed by atoms with van der Waals surface area (Å²) in [6.07, 6.45) is 0. The van der Waals surface area contributed by atoms with Gasteiger partial charge in [0.15, 0.2) is 0 Å². The van der Waals surface area contributed by atoms with Crippen molar-refractivity contribution in [3.05, 3.63) is 51.2 Å². The monoisotopic (exact) mass is 271 g/mol. The van der Waals surface area contributed by atoms with Gasteiger partial charge >= 0.3 is 0 Å². The molecule has 0 saturated heterocycles. The van der Waals surface area contributed by atoms with Gasteiger partial charge in [-0.15, -0.1) is 11.3 Å². The second-order valence-electron chi connectivity index (χ2n) is 4.28. The van der Waals surface area contributed by atoms with Crippen LogP contribution >= 0.6 is 11.3 Å². The summed E-state index contributed by atoms with van der Waals surface area (Å²) in [4.78, 5) is 2.20. The third-order valence-corrected chi connectivity index (χ3v) is 3.72. The molecule has 0 aliphatic rings. The minimum atomic E-state index is 0.395. The molecular formula is C16H17NOS. The van der Waals surface area contributed by atoms with Gasteiger partial charge in [-0.2, -0.15) is 0 Å². The van der Waals surface area contributed by atoms with E-state index < -0.39 is 0 Å². The normalized spacial score (nSPS) is 9.84. The van der Waals surface area contributed by atoms with Gasteiger partial charge in [0.25, 0.3) is 0 Å². The van der Waals surface area contributed by atoms with Crippen molar-refractivity contribution in [3.8, 4) is 17.6 Å². The van der Waals surface area contributed by atoms with Crippen LogP contribution in [0.15, 0.2) is 30.3 Å². The summed E-state index contributed by atoms with van der Waals surface area (Å²) in [5, 5.41) is 0. The summed E-state index contributed by atoms with van der Waals surface area (Å²) in [7, 11) is 0. The molecule has 3 heteroatoms. The third-order valence-electron chi connectivity index (χ3n) is 2.74. The lowest BCUT2D eigenvalue weighted by Crippen LogP contribution is -1.96. The van der Waals surface area contributed by atoms with Crippen molar-refractivity contribution in [1.82, 2.24) is 0 Å². The number of hydrogen-bond donors (Lipinski definition) is 1. The van der Waals surface area contributed by atoms with Gasteiger partial charge in [0.05, 0.1) is 11.4 Å². The Labute approximate surface area is 118 Å². The van der Waals surface area contributed by atoms with Gasteiger partial charge in [-0.3, -0.25) is 0 Å². The molecule has 0 fully saturated rings. The van der Waals surface area contributed by atoms with Crippen molar-refractivity contribution in [2.75, 3.05) is 6.54 Å². The molecule has 0 aliphatic heterocycles. The Kier molecular flexibility index (Phi) is 4.62. The number of nitrogens with two attached hydrogens (primary N) is 1. The molecule has 0 radical (unpaired) electrons. The molecule has 1 aromatic carbocycles. The Bertz CT molecular complexity index is 599. The fourth-order valence-electron chi connectivity index (χ4n) is 1.83. The van der Waals surface area contributed by atoms with Crippen LogP contribution in [0.4, 0.5) is 0 Å². The van der Waals surface area contributed by atoms with E-state index in [1.165, 1.54) is 16.0 Å². The maximum Gasteiger partial charge on any atom is 0.125 e. The zero-order valence-electron chi connectivity index (χ0n) is 11.2. The molecule has 19 heavy (non-hydrogen) atoms. The molecule has 0 atom stereocenters. The van der Waals surface area contributed by atoms with Crippen molar-refractivity contribution in [3.63, 3.8) is 0 Å². The van der Waals surface area contributed by atoms with E-state index in [0.29, 0.717) is 13.2 Å². The van der Waals surface area contributed by atoms with Gasteiger partial charge in [-0.25, -0.2) is 0 Å². The number of thiophene rings is 1. The summed E-state index contributed by atoms with van der Waals surface area (Å²) < 4.78 is 5.91. The third kappa shape index (κ3) is 3.60. The molecule has 2 aromatic rings. The molecule has 0 spiro atoms. The molecular weight excluding hydrogens is 254 g/mol. The summed E-state index contributed by atoms with van der Waals surface area (Å²) in [6, 6.07) is 10.2. The molecule has 98 valence electrons.